The highest BCUT2D eigenvalue weighted by Gasteiger charge is 2.39. The van der Waals surface area contributed by atoms with Crippen LogP contribution in [0.5, 0.6) is 0 Å². The molecule has 0 aromatic rings. The summed E-state index contributed by atoms with van der Waals surface area (Å²) in [7, 11) is 0. The Morgan fingerprint density at radius 3 is 2.43 bits per heavy atom. The van der Waals surface area contributed by atoms with Gasteiger partial charge in [0.1, 0.15) is 0 Å². The summed E-state index contributed by atoms with van der Waals surface area (Å²) in [5.74, 6) is 2.59. The Kier molecular flexibility index (Phi) is 6.09. The van der Waals surface area contributed by atoms with E-state index < -0.39 is 0 Å². The van der Waals surface area contributed by atoms with Crippen LogP contribution in [-0.2, 0) is 4.79 Å². The minimum absolute atomic E-state index is 0.0637. The summed E-state index contributed by atoms with van der Waals surface area (Å²) >= 11 is 0. The van der Waals surface area contributed by atoms with Gasteiger partial charge in [-0.3, -0.25) is 10.1 Å². The number of hydrogen-bond donors (Lipinski definition) is 1. The molecule has 0 bridgehead atoms. The zero-order valence-corrected chi connectivity index (χ0v) is 14.4. The molecular formula is C18H34N2O. The maximum Gasteiger partial charge on any atom is 0.241 e. The zero-order valence-electron chi connectivity index (χ0n) is 14.4. The average molecular weight is 294 g/mol. The fourth-order valence-corrected chi connectivity index (χ4v) is 3.94. The molecule has 1 N–H and O–H groups in total. The predicted octanol–water partition coefficient (Wildman–Crippen LogP) is 3.79. The molecule has 0 aromatic carbocycles. The van der Waals surface area contributed by atoms with Crippen molar-refractivity contribution in [2.45, 2.75) is 84.8 Å². The number of nitrogens with one attached hydrogen (secondary N) is 1. The van der Waals surface area contributed by atoms with Crippen LogP contribution < -0.4 is 5.32 Å². The summed E-state index contributed by atoms with van der Waals surface area (Å²) in [4.78, 5) is 14.7. The molecule has 1 aliphatic heterocycles. The van der Waals surface area contributed by atoms with Crippen molar-refractivity contribution >= 4 is 5.91 Å². The largest absolute Gasteiger partial charge is 0.326 e. The number of carbonyl (C=O) groups excluding carboxylic acids is 1. The van der Waals surface area contributed by atoms with Crippen LogP contribution in [0.25, 0.3) is 0 Å². The van der Waals surface area contributed by atoms with Crippen molar-refractivity contribution in [3.63, 3.8) is 0 Å². The van der Waals surface area contributed by atoms with Crippen LogP contribution in [0.3, 0.4) is 0 Å². The lowest BCUT2D eigenvalue weighted by Gasteiger charge is -2.31. The third-order valence-electron chi connectivity index (χ3n) is 5.41. The van der Waals surface area contributed by atoms with E-state index in [4.69, 9.17) is 0 Å². The van der Waals surface area contributed by atoms with Gasteiger partial charge in [-0.05, 0) is 30.6 Å². The van der Waals surface area contributed by atoms with Crippen LogP contribution in [0.1, 0.15) is 72.6 Å². The molecule has 2 atom stereocenters. The molecule has 21 heavy (non-hydrogen) atoms. The molecule has 0 spiro atoms. The normalized spacial score (nSPS) is 34.0. The van der Waals surface area contributed by atoms with Crippen LogP contribution in [-0.4, -0.2) is 29.6 Å². The van der Waals surface area contributed by atoms with Crippen LogP contribution in [0.2, 0.25) is 0 Å². The van der Waals surface area contributed by atoms with Gasteiger partial charge in [0.05, 0.1) is 12.2 Å². The van der Waals surface area contributed by atoms with Crippen LogP contribution >= 0.6 is 0 Å². The summed E-state index contributed by atoms with van der Waals surface area (Å²) in [6, 6.07) is 0.0637. The Hall–Kier alpha value is -0.570. The highest BCUT2D eigenvalue weighted by Crippen LogP contribution is 2.31. The number of rotatable bonds is 6. The maximum absolute atomic E-state index is 12.6. The molecule has 3 nitrogen and oxygen atoms in total. The fourth-order valence-electron chi connectivity index (χ4n) is 3.94. The van der Waals surface area contributed by atoms with Crippen molar-refractivity contribution in [1.82, 2.24) is 10.2 Å². The van der Waals surface area contributed by atoms with Gasteiger partial charge < -0.3 is 4.90 Å². The van der Waals surface area contributed by atoms with Crippen LogP contribution in [0, 0.1) is 17.8 Å². The van der Waals surface area contributed by atoms with E-state index in [1.54, 1.807) is 0 Å². The molecule has 3 heteroatoms. The molecule has 1 saturated carbocycles. The first-order valence-corrected chi connectivity index (χ1v) is 9.09. The summed E-state index contributed by atoms with van der Waals surface area (Å²) in [5.41, 5.74) is 0. The molecule has 2 fully saturated rings. The van der Waals surface area contributed by atoms with Crippen LogP contribution in [0.15, 0.2) is 0 Å². The summed E-state index contributed by atoms with van der Waals surface area (Å²) in [6.07, 6.45) is 8.97. The number of nitrogens with zero attached hydrogens (tertiary/aromatic N) is 1. The molecule has 1 amide bonds. The molecule has 2 rings (SSSR count). The van der Waals surface area contributed by atoms with E-state index in [1.165, 1.54) is 32.1 Å². The van der Waals surface area contributed by atoms with Crippen LogP contribution in [0.4, 0.5) is 0 Å². The molecule has 1 saturated heterocycles. The predicted molar refractivity (Wildman–Crippen MR) is 87.9 cm³/mol. The zero-order chi connectivity index (χ0) is 15.4. The first-order chi connectivity index (χ1) is 10.0. The first-order valence-electron chi connectivity index (χ1n) is 9.09. The molecular weight excluding hydrogens is 260 g/mol. The molecule has 2 aliphatic rings. The molecule has 122 valence electrons. The third-order valence-corrected chi connectivity index (χ3v) is 5.41. The van der Waals surface area contributed by atoms with Crippen molar-refractivity contribution < 1.29 is 4.79 Å². The molecule has 0 radical (unpaired) electrons. The standard InChI is InChI=1S/C18H34N2O/c1-5-6-16-18(21)20(17(19-16)13(2)3)12-11-15-9-7-14(4)8-10-15/h13-17,19H,5-12H2,1-4H3. The Morgan fingerprint density at radius 2 is 1.86 bits per heavy atom. The molecule has 2 unspecified atom stereocenters. The average Bonchev–Trinajstić information content (AvgIpc) is 2.76. The maximum atomic E-state index is 12.6. The van der Waals surface area contributed by atoms with Gasteiger partial charge in [0.25, 0.3) is 0 Å². The monoisotopic (exact) mass is 294 g/mol. The van der Waals surface area contributed by atoms with Crippen molar-refractivity contribution in [1.29, 1.82) is 0 Å². The minimum atomic E-state index is 0.0637. The number of carbonyl (C=O) groups is 1. The summed E-state index contributed by atoms with van der Waals surface area (Å²) in [6.45, 7) is 9.91. The Balaban J connectivity index is 1.88. The van der Waals surface area contributed by atoms with E-state index in [0.29, 0.717) is 11.8 Å². The van der Waals surface area contributed by atoms with Crippen molar-refractivity contribution in [3.05, 3.63) is 0 Å². The highest BCUT2D eigenvalue weighted by molar-refractivity contribution is 5.84. The van der Waals surface area contributed by atoms with Gasteiger partial charge in [0.2, 0.25) is 5.91 Å². The van der Waals surface area contributed by atoms with E-state index in [2.05, 4.69) is 37.9 Å². The van der Waals surface area contributed by atoms with Gasteiger partial charge in [0.15, 0.2) is 0 Å². The fraction of sp³-hybridized carbons (Fsp3) is 0.944. The molecule has 0 aromatic heterocycles. The number of hydrogen-bond acceptors (Lipinski definition) is 2. The topological polar surface area (TPSA) is 32.3 Å². The lowest BCUT2D eigenvalue weighted by atomic mass is 9.81. The Morgan fingerprint density at radius 1 is 1.19 bits per heavy atom. The van der Waals surface area contributed by atoms with Gasteiger partial charge in [-0.25, -0.2) is 0 Å². The Bertz CT molecular complexity index is 334. The smallest absolute Gasteiger partial charge is 0.241 e. The second-order valence-corrected chi connectivity index (χ2v) is 7.64. The lowest BCUT2D eigenvalue weighted by Crippen LogP contribution is -2.42. The van der Waals surface area contributed by atoms with Gasteiger partial charge in [-0.15, -0.1) is 0 Å². The first kappa shape index (κ1) is 16.8. The van der Waals surface area contributed by atoms with Crippen molar-refractivity contribution in [3.8, 4) is 0 Å². The van der Waals surface area contributed by atoms with E-state index in [1.807, 2.05) is 0 Å². The minimum Gasteiger partial charge on any atom is -0.326 e. The van der Waals surface area contributed by atoms with Crippen molar-refractivity contribution in [2.24, 2.45) is 17.8 Å². The van der Waals surface area contributed by atoms with Gasteiger partial charge in [-0.1, -0.05) is 59.8 Å². The second-order valence-electron chi connectivity index (χ2n) is 7.64. The highest BCUT2D eigenvalue weighted by atomic mass is 16.2. The van der Waals surface area contributed by atoms with Gasteiger partial charge >= 0.3 is 0 Å². The summed E-state index contributed by atoms with van der Waals surface area (Å²) < 4.78 is 0. The van der Waals surface area contributed by atoms with Gasteiger partial charge in [0, 0.05) is 6.54 Å². The molecule has 1 heterocycles. The van der Waals surface area contributed by atoms with Crippen molar-refractivity contribution in [2.75, 3.05) is 6.54 Å². The lowest BCUT2D eigenvalue weighted by molar-refractivity contribution is -0.130. The summed E-state index contributed by atoms with van der Waals surface area (Å²) in [5, 5.41) is 3.56. The second kappa shape index (κ2) is 7.62. The third kappa shape index (κ3) is 4.21. The van der Waals surface area contributed by atoms with E-state index in [-0.39, 0.29) is 12.2 Å². The Labute approximate surface area is 130 Å². The van der Waals surface area contributed by atoms with E-state index in [9.17, 15) is 4.79 Å². The van der Waals surface area contributed by atoms with E-state index >= 15 is 0 Å². The van der Waals surface area contributed by atoms with E-state index in [0.717, 1.165) is 31.2 Å². The SMILES string of the molecule is CCCC1NC(C(C)C)N(CCC2CCC(C)CC2)C1=O. The van der Waals surface area contributed by atoms with Gasteiger partial charge in [-0.2, -0.15) is 0 Å². The number of amides is 1. The molecule has 1 aliphatic carbocycles. The quantitative estimate of drug-likeness (QED) is 0.808.